The van der Waals surface area contributed by atoms with E-state index in [4.69, 9.17) is 0 Å². The molecule has 0 aliphatic rings. The molecule has 0 spiro atoms. The van der Waals surface area contributed by atoms with E-state index < -0.39 is 0 Å². The van der Waals surface area contributed by atoms with Gasteiger partial charge in [0, 0.05) is 49.1 Å². The van der Waals surface area contributed by atoms with Crippen molar-refractivity contribution in [3.63, 3.8) is 0 Å². The van der Waals surface area contributed by atoms with E-state index in [0.29, 0.717) is 0 Å². The SMILES string of the molecule is c1ccc(-n2c3ccccc3c3cc(-c4ccc5c(c4)c4cc6c7ccccc7n(-c7ccccc7)c6cc4n5-c4cccc5ccccc45)ccc32)cc1. The van der Waals surface area contributed by atoms with Gasteiger partial charge in [0.2, 0.25) is 0 Å². The molecule has 0 atom stereocenters. The number of rotatable bonds is 4. The van der Waals surface area contributed by atoms with Crippen LogP contribution in [0.15, 0.2) is 200 Å². The summed E-state index contributed by atoms with van der Waals surface area (Å²) in [7, 11) is 0. The van der Waals surface area contributed by atoms with E-state index >= 15 is 0 Å². The fourth-order valence-corrected chi connectivity index (χ4v) is 9.19. The first-order valence-corrected chi connectivity index (χ1v) is 18.9. The van der Waals surface area contributed by atoms with Crippen LogP contribution in [0.2, 0.25) is 0 Å². The van der Waals surface area contributed by atoms with Crippen LogP contribution >= 0.6 is 0 Å². The van der Waals surface area contributed by atoms with Crippen molar-refractivity contribution in [2.45, 2.75) is 0 Å². The van der Waals surface area contributed by atoms with Crippen molar-refractivity contribution in [1.82, 2.24) is 13.7 Å². The Morgan fingerprint density at radius 3 is 1.33 bits per heavy atom. The van der Waals surface area contributed by atoms with Crippen LogP contribution in [-0.4, -0.2) is 13.7 Å². The summed E-state index contributed by atoms with van der Waals surface area (Å²) in [5.41, 5.74) is 13.1. The fourth-order valence-electron chi connectivity index (χ4n) is 9.19. The molecular weight excluding hydrogens is 667 g/mol. The van der Waals surface area contributed by atoms with Gasteiger partial charge in [0.25, 0.3) is 0 Å². The third kappa shape index (κ3) is 4.38. The molecule has 12 rings (SSSR count). The number of hydrogen-bond acceptors (Lipinski definition) is 0. The average molecular weight is 700 g/mol. The van der Waals surface area contributed by atoms with Crippen molar-refractivity contribution in [3.8, 4) is 28.2 Å². The third-order valence-corrected chi connectivity index (χ3v) is 11.6. The maximum Gasteiger partial charge on any atom is 0.0562 e. The number of benzene rings is 9. The van der Waals surface area contributed by atoms with Crippen LogP contribution in [0.5, 0.6) is 0 Å². The van der Waals surface area contributed by atoms with Crippen molar-refractivity contribution >= 4 is 76.2 Å². The minimum atomic E-state index is 1.16. The Labute approximate surface area is 317 Å². The summed E-state index contributed by atoms with van der Waals surface area (Å²) in [5.74, 6) is 0. The Morgan fingerprint density at radius 1 is 0.236 bits per heavy atom. The van der Waals surface area contributed by atoms with Gasteiger partial charge in [-0.25, -0.2) is 0 Å². The van der Waals surface area contributed by atoms with E-state index in [1.54, 1.807) is 0 Å². The molecule has 12 aromatic rings. The highest BCUT2D eigenvalue weighted by Gasteiger charge is 2.20. The molecular formula is C52H33N3. The van der Waals surface area contributed by atoms with E-state index in [2.05, 4.69) is 214 Å². The van der Waals surface area contributed by atoms with Gasteiger partial charge < -0.3 is 13.7 Å². The lowest BCUT2D eigenvalue weighted by Gasteiger charge is -2.12. The zero-order valence-electron chi connectivity index (χ0n) is 29.9. The summed E-state index contributed by atoms with van der Waals surface area (Å²) in [6, 6.07) is 73.3. The maximum atomic E-state index is 2.49. The second-order valence-corrected chi connectivity index (χ2v) is 14.6. The average Bonchev–Trinajstić information content (AvgIpc) is 3.88. The zero-order valence-corrected chi connectivity index (χ0v) is 29.9. The van der Waals surface area contributed by atoms with Gasteiger partial charge in [-0.05, 0) is 95.4 Å². The van der Waals surface area contributed by atoms with Gasteiger partial charge in [-0.3, -0.25) is 0 Å². The van der Waals surface area contributed by atoms with Crippen LogP contribution in [-0.2, 0) is 0 Å². The summed E-state index contributed by atoms with van der Waals surface area (Å²) in [4.78, 5) is 0. The quantitative estimate of drug-likeness (QED) is 0.174. The highest BCUT2D eigenvalue weighted by atomic mass is 15.0. The molecule has 0 N–H and O–H groups in total. The minimum absolute atomic E-state index is 1.16. The molecule has 3 aromatic heterocycles. The summed E-state index contributed by atoms with van der Waals surface area (Å²) in [6.07, 6.45) is 0. The molecule has 3 nitrogen and oxygen atoms in total. The Hall–Kier alpha value is -7.36. The van der Waals surface area contributed by atoms with Crippen molar-refractivity contribution in [2.24, 2.45) is 0 Å². The normalized spacial score (nSPS) is 12.0. The number of para-hydroxylation sites is 4. The summed E-state index contributed by atoms with van der Waals surface area (Å²) in [5, 5.41) is 9.97. The first-order valence-electron chi connectivity index (χ1n) is 18.9. The Kier molecular flexibility index (Phi) is 6.34. The molecule has 0 bridgehead atoms. The Morgan fingerprint density at radius 2 is 0.673 bits per heavy atom. The van der Waals surface area contributed by atoms with Gasteiger partial charge in [0.05, 0.1) is 38.8 Å². The summed E-state index contributed by atoms with van der Waals surface area (Å²) < 4.78 is 7.29. The van der Waals surface area contributed by atoms with Crippen LogP contribution in [0.1, 0.15) is 0 Å². The van der Waals surface area contributed by atoms with Gasteiger partial charge in [-0.15, -0.1) is 0 Å². The predicted molar refractivity (Wildman–Crippen MR) is 232 cm³/mol. The lowest BCUT2D eigenvalue weighted by Crippen LogP contribution is -1.96. The second-order valence-electron chi connectivity index (χ2n) is 14.6. The highest BCUT2D eigenvalue weighted by Crippen LogP contribution is 2.42. The van der Waals surface area contributed by atoms with E-state index in [1.807, 2.05) is 0 Å². The maximum absolute atomic E-state index is 2.49. The lowest BCUT2D eigenvalue weighted by molar-refractivity contribution is 1.17. The number of nitrogens with zero attached hydrogens (tertiary/aromatic N) is 3. The lowest BCUT2D eigenvalue weighted by atomic mass is 10.00. The standard InChI is InChI=1S/C52H33N3/c1-3-16-37(17-4-1)53-47-23-11-9-21-40(47)42-30-35(26-28-49(42)53)36-27-29-50-43(31-36)45-32-44-41-22-10-12-24-48(41)54(38-18-5-2-6-19-38)51(44)33-52(45)55(50)46-25-13-15-34-14-7-8-20-39(34)46/h1-33H. The summed E-state index contributed by atoms with van der Waals surface area (Å²) >= 11 is 0. The van der Waals surface area contributed by atoms with Crippen molar-refractivity contribution in [1.29, 1.82) is 0 Å². The molecule has 3 heterocycles. The van der Waals surface area contributed by atoms with Crippen molar-refractivity contribution < 1.29 is 0 Å². The Bertz CT molecular complexity index is 3470. The van der Waals surface area contributed by atoms with Gasteiger partial charge in [-0.1, -0.05) is 121 Å². The van der Waals surface area contributed by atoms with Crippen molar-refractivity contribution in [3.05, 3.63) is 200 Å². The second kappa shape index (κ2) is 11.6. The molecule has 0 fully saturated rings. The zero-order chi connectivity index (χ0) is 36.0. The van der Waals surface area contributed by atoms with Crippen LogP contribution in [0.3, 0.4) is 0 Å². The minimum Gasteiger partial charge on any atom is -0.309 e. The monoisotopic (exact) mass is 699 g/mol. The molecule has 3 heteroatoms. The van der Waals surface area contributed by atoms with E-state index in [0.717, 1.165) is 5.69 Å². The largest absolute Gasteiger partial charge is 0.309 e. The first-order chi connectivity index (χ1) is 27.3. The highest BCUT2D eigenvalue weighted by molar-refractivity contribution is 6.20. The van der Waals surface area contributed by atoms with Crippen molar-refractivity contribution in [2.75, 3.05) is 0 Å². The topological polar surface area (TPSA) is 14.8 Å². The van der Waals surface area contributed by atoms with Crippen LogP contribution in [0.4, 0.5) is 0 Å². The summed E-state index contributed by atoms with van der Waals surface area (Å²) in [6.45, 7) is 0. The molecule has 55 heavy (non-hydrogen) atoms. The third-order valence-electron chi connectivity index (χ3n) is 11.6. The molecule has 0 unspecified atom stereocenters. The van der Waals surface area contributed by atoms with Crippen LogP contribution in [0.25, 0.3) is 104 Å². The molecule has 0 saturated heterocycles. The predicted octanol–water partition coefficient (Wildman–Crippen LogP) is 13.8. The molecule has 256 valence electrons. The molecule has 9 aromatic carbocycles. The number of fused-ring (bicyclic) bond motifs is 10. The molecule has 0 aliphatic heterocycles. The smallest absolute Gasteiger partial charge is 0.0562 e. The molecule has 0 amide bonds. The first kappa shape index (κ1) is 30.1. The van der Waals surface area contributed by atoms with Gasteiger partial charge in [0.1, 0.15) is 0 Å². The van der Waals surface area contributed by atoms with Gasteiger partial charge in [0.15, 0.2) is 0 Å². The molecule has 0 aliphatic carbocycles. The van der Waals surface area contributed by atoms with E-state index in [1.165, 1.54) is 98.7 Å². The molecule has 0 radical (unpaired) electrons. The fraction of sp³-hybridized carbons (Fsp3) is 0. The number of aromatic nitrogens is 3. The Balaban J connectivity index is 1.16. The van der Waals surface area contributed by atoms with Gasteiger partial charge in [-0.2, -0.15) is 0 Å². The molecule has 0 saturated carbocycles. The van der Waals surface area contributed by atoms with E-state index in [-0.39, 0.29) is 0 Å². The van der Waals surface area contributed by atoms with Gasteiger partial charge >= 0.3 is 0 Å². The van der Waals surface area contributed by atoms with Crippen LogP contribution in [0, 0.1) is 0 Å². The van der Waals surface area contributed by atoms with Crippen LogP contribution < -0.4 is 0 Å². The number of hydrogen-bond donors (Lipinski definition) is 0. The van der Waals surface area contributed by atoms with E-state index in [9.17, 15) is 0 Å².